The van der Waals surface area contributed by atoms with Crippen molar-refractivity contribution in [2.75, 3.05) is 19.5 Å². The minimum absolute atomic E-state index is 0.112. The Morgan fingerprint density at radius 1 is 1.11 bits per heavy atom. The van der Waals surface area contributed by atoms with Crippen LogP contribution in [0.15, 0.2) is 24.3 Å². The van der Waals surface area contributed by atoms with Gasteiger partial charge in [-0.2, -0.15) is 0 Å². The SMILES string of the molecule is CCCCc1ccc(NC(C)C(OC)OC)cc1. The summed E-state index contributed by atoms with van der Waals surface area (Å²) in [5, 5.41) is 3.38. The number of methoxy groups -OCH3 is 2. The predicted octanol–water partition coefficient (Wildman–Crippen LogP) is 3.45. The van der Waals surface area contributed by atoms with Crippen molar-refractivity contribution < 1.29 is 9.47 Å². The first-order valence-electron chi connectivity index (χ1n) is 6.62. The molecule has 0 heterocycles. The third-order valence-corrected chi connectivity index (χ3v) is 3.04. The Labute approximate surface area is 110 Å². The molecule has 0 amide bonds. The average Bonchev–Trinajstić information content (AvgIpc) is 2.39. The van der Waals surface area contributed by atoms with Gasteiger partial charge in [-0.15, -0.1) is 0 Å². The summed E-state index contributed by atoms with van der Waals surface area (Å²) in [6.45, 7) is 4.26. The highest BCUT2D eigenvalue weighted by Crippen LogP contribution is 2.14. The molecule has 1 aromatic carbocycles. The van der Waals surface area contributed by atoms with Gasteiger partial charge in [-0.25, -0.2) is 0 Å². The molecular weight excluding hydrogens is 226 g/mol. The standard InChI is InChI=1S/C15H25NO2/c1-5-6-7-13-8-10-14(11-9-13)16-12(2)15(17-3)18-4/h8-12,15-16H,5-7H2,1-4H3. The molecule has 1 N–H and O–H groups in total. The van der Waals surface area contributed by atoms with Gasteiger partial charge < -0.3 is 14.8 Å². The summed E-state index contributed by atoms with van der Waals surface area (Å²) in [5.74, 6) is 0. The Hall–Kier alpha value is -1.06. The first-order valence-corrected chi connectivity index (χ1v) is 6.62. The third kappa shape index (κ3) is 4.67. The number of hydrogen-bond acceptors (Lipinski definition) is 3. The molecule has 0 aliphatic carbocycles. The zero-order valence-corrected chi connectivity index (χ0v) is 11.9. The highest BCUT2D eigenvalue weighted by molar-refractivity contribution is 5.45. The summed E-state index contributed by atoms with van der Waals surface area (Å²) in [7, 11) is 3.31. The molecular formula is C15H25NO2. The fourth-order valence-corrected chi connectivity index (χ4v) is 1.98. The Kier molecular flexibility index (Phi) is 6.76. The lowest BCUT2D eigenvalue weighted by Crippen LogP contribution is -2.33. The summed E-state index contributed by atoms with van der Waals surface area (Å²) in [4.78, 5) is 0. The fourth-order valence-electron chi connectivity index (χ4n) is 1.98. The van der Waals surface area contributed by atoms with E-state index in [1.54, 1.807) is 14.2 Å². The lowest BCUT2D eigenvalue weighted by Gasteiger charge is -2.23. The molecule has 1 aromatic rings. The largest absolute Gasteiger partial charge is 0.377 e. The van der Waals surface area contributed by atoms with Gasteiger partial charge in [0.15, 0.2) is 6.29 Å². The van der Waals surface area contributed by atoms with E-state index in [4.69, 9.17) is 9.47 Å². The van der Waals surface area contributed by atoms with Crippen molar-refractivity contribution in [1.29, 1.82) is 0 Å². The van der Waals surface area contributed by atoms with Gasteiger partial charge in [-0.3, -0.25) is 0 Å². The van der Waals surface area contributed by atoms with Crippen LogP contribution >= 0.6 is 0 Å². The molecule has 3 nitrogen and oxygen atoms in total. The minimum Gasteiger partial charge on any atom is -0.377 e. The number of aryl methyl sites for hydroxylation is 1. The van der Waals surface area contributed by atoms with Crippen molar-refractivity contribution in [3.8, 4) is 0 Å². The lowest BCUT2D eigenvalue weighted by atomic mass is 10.1. The second-order valence-electron chi connectivity index (χ2n) is 4.57. The number of unbranched alkanes of at least 4 members (excludes halogenated alkanes) is 1. The number of ether oxygens (including phenoxy) is 2. The number of benzene rings is 1. The maximum atomic E-state index is 5.23. The fraction of sp³-hybridized carbons (Fsp3) is 0.600. The Morgan fingerprint density at radius 2 is 1.72 bits per heavy atom. The zero-order chi connectivity index (χ0) is 13.4. The van der Waals surface area contributed by atoms with Crippen molar-refractivity contribution in [3.63, 3.8) is 0 Å². The highest BCUT2D eigenvalue weighted by Gasteiger charge is 2.14. The molecule has 1 rings (SSSR count). The number of rotatable bonds is 8. The van der Waals surface area contributed by atoms with Gasteiger partial charge in [-0.1, -0.05) is 25.5 Å². The van der Waals surface area contributed by atoms with Crippen LogP contribution in [-0.4, -0.2) is 26.6 Å². The molecule has 0 aliphatic rings. The quantitative estimate of drug-likeness (QED) is 0.718. The average molecular weight is 251 g/mol. The molecule has 18 heavy (non-hydrogen) atoms. The maximum Gasteiger partial charge on any atom is 0.176 e. The van der Waals surface area contributed by atoms with Crippen LogP contribution in [0.1, 0.15) is 32.3 Å². The van der Waals surface area contributed by atoms with Crippen molar-refractivity contribution in [3.05, 3.63) is 29.8 Å². The molecule has 0 radical (unpaired) electrons. The summed E-state index contributed by atoms with van der Waals surface area (Å²) >= 11 is 0. The van der Waals surface area contributed by atoms with Crippen molar-refractivity contribution in [2.24, 2.45) is 0 Å². The van der Waals surface area contributed by atoms with Gasteiger partial charge in [0.25, 0.3) is 0 Å². The summed E-state index contributed by atoms with van der Waals surface area (Å²) < 4.78 is 10.5. The predicted molar refractivity (Wildman–Crippen MR) is 75.9 cm³/mol. The van der Waals surface area contributed by atoms with Crippen molar-refractivity contribution in [2.45, 2.75) is 45.4 Å². The maximum absolute atomic E-state index is 5.23. The van der Waals surface area contributed by atoms with Crippen LogP contribution in [0.5, 0.6) is 0 Å². The normalized spacial score (nSPS) is 12.7. The zero-order valence-electron chi connectivity index (χ0n) is 11.9. The Morgan fingerprint density at radius 3 is 2.22 bits per heavy atom. The Bertz CT molecular complexity index is 320. The van der Waals surface area contributed by atoms with Gasteiger partial charge in [-0.05, 0) is 37.5 Å². The van der Waals surface area contributed by atoms with E-state index in [0.717, 1.165) is 12.1 Å². The number of hydrogen-bond donors (Lipinski definition) is 1. The minimum atomic E-state index is -0.232. The van der Waals surface area contributed by atoms with Gasteiger partial charge in [0.2, 0.25) is 0 Å². The van der Waals surface area contributed by atoms with E-state index in [0.29, 0.717) is 0 Å². The van der Waals surface area contributed by atoms with Crippen LogP contribution in [0.2, 0.25) is 0 Å². The van der Waals surface area contributed by atoms with E-state index in [-0.39, 0.29) is 12.3 Å². The van der Waals surface area contributed by atoms with Crippen LogP contribution in [-0.2, 0) is 15.9 Å². The van der Waals surface area contributed by atoms with Gasteiger partial charge >= 0.3 is 0 Å². The topological polar surface area (TPSA) is 30.5 Å². The molecule has 0 saturated heterocycles. The van der Waals surface area contributed by atoms with E-state index >= 15 is 0 Å². The molecule has 0 saturated carbocycles. The van der Waals surface area contributed by atoms with Crippen LogP contribution < -0.4 is 5.32 Å². The Balaban J connectivity index is 2.52. The van der Waals surface area contributed by atoms with Crippen LogP contribution in [0.3, 0.4) is 0 Å². The van der Waals surface area contributed by atoms with Gasteiger partial charge in [0.05, 0.1) is 6.04 Å². The number of anilines is 1. The molecule has 1 unspecified atom stereocenters. The van der Waals surface area contributed by atoms with Crippen LogP contribution in [0.25, 0.3) is 0 Å². The molecule has 0 spiro atoms. The molecule has 0 bridgehead atoms. The van der Waals surface area contributed by atoms with Crippen LogP contribution in [0, 0.1) is 0 Å². The van der Waals surface area contributed by atoms with Gasteiger partial charge in [0, 0.05) is 19.9 Å². The second-order valence-corrected chi connectivity index (χ2v) is 4.57. The summed E-state index contributed by atoms with van der Waals surface area (Å²) in [6, 6.07) is 8.70. The molecule has 0 aliphatic heterocycles. The van der Waals surface area contributed by atoms with E-state index in [9.17, 15) is 0 Å². The van der Waals surface area contributed by atoms with Crippen LogP contribution in [0.4, 0.5) is 5.69 Å². The van der Waals surface area contributed by atoms with Crippen molar-refractivity contribution >= 4 is 5.69 Å². The van der Waals surface area contributed by atoms with E-state index in [2.05, 4.69) is 36.5 Å². The van der Waals surface area contributed by atoms with Crippen molar-refractivity contribution in [1.82, 2.24) is 0 Å². The van der Waals surface area contributed by atoms with E-state index < -0.39 is 0 Å². The third-order valence-electron chi connectivity index (χ3n) is 3.04. The van der Waals surface area contributed by atoms with Gasteiger partial charge in [0.1, 0.15) is 0 Å². The number of nitrogens with one attached hydrogen (secondary N) is 1. The summed E-state index contributed by atoms with van der Waals surface area (Å²) in [5.41, 5.74) is 2.49. The molecule has 0 fully saturated rings. The monoisotopic (exact) mass is 251 g/mol. The lowest BCUT2D eigenvalue weighted by molar-refractivity contribution is -0.109. The molecule has 3 heteroatoms. The molecule has 0 aromatic heterocycles. The molecule has 102 valence electrons. The second kappa shape index (κ2) is 8.11. The summed E-state index contributed by atoms with van der Waals surface area (Å²) in [6.07, 6.45) is 3.41. The molecule has 1 atom stereocenters. The first-order chi connectivity index (χ1) is 8.71. The first kappa shape index (κ1) is 15.0. The highest BCUT2D eigenvalue weighted by atomic mass is 16.7. The van der Waals surface area contributed by atoms with E-state index in [1.807, 2.05) is 6.92 Å². The van der Waals surface area contributed by atoms with E-state index in [1.165, 1.54) is 18.4 Å². The smallest absolute Gasteiger partial charge is 0.176 e.